The van der Waals surface area contributed by atoms with E-state index in [4.69, 9.17) is 0 Å². The van der Waals surface area contributed by atoms with Crippen LogP contribution in [0.15, 0.2) is 24.3 Å². The second-order valence-corrected chi connectivity index (χ2v) is 7.76. The van der Waals surface area contributed by atoms with Gasteiger partial charge in [0.15, 0.2) is 0 Å². The van der Waals surface area contributed by atoms with E-state index >= 15 is 0 Å². The van der Waals surface area contributed by atoms with Crippen LogP contribution in [0.25, 0.3) is 0 Å². The van der Waals surface area contributed by atoms with Crippen LogP contribution in [0.3, 0.4) is 0 Å². The van der Waals surface area contributed by atoms with Crippen molar-refractivity contribution in [1.82, 2.24) is 14.7 Å². The van der Waals surface area contributed by atoms with Gasteiger partial charge >= 0.3 is 0 Å². The summed E-state index contributed by atoms with van der Waals surface area (Å²) < 4.78 is 0. The Labute approximate surface area is 152 Å². The van der Waals surface area contributed by atoms with Crippen molar-refractivity contribution in [3.05, 3.63) is 35.4 Å². The molecule has 1 fully saturated rings. The molecule has 0 atom stereocenters. The van der Waals surface area contributed by atoms with Crippen LogP contribution in [0.2, 0.25) is 0 Å². The minimum absolute atomic E-state index is 0.168. The van der Waals surface area contributed by atoms with Crippen LogP contribution in [0.1, 0.15) is 31.9 Å². The summed E-state index contributed by atoms with van der Waals surface area (Å²) in [6.07, 6.45) is 0. The van der Waals surface area contributed by atoms with Crippen LogP contribution >= 0.6 is 0 Å². The van der Waals surface area contributed by atoms with Gasteiger partial charge in [-0.3, -0.25) is 14.6 Å². The SMILES string of the molecule is CCN(CC(=O)N1CCN(Cc2cccc(C)c2)CC1)CC(C)(C)O. The van der Waals surface area contributed by atoms with Crippen LogP contribution in [-0.2, 0) is 11.3 Å². The second-order valence-electron chi connectivity index (χ2n) is 7.76. The molecule has 1 amide bonds. The van der Waals surface area contributed by atoms with Crippen molar-refractivity contribution in [2.24, 2.45) is 0 Å². The molecule has 0 aliphatic carbocycles. The van der Waals surface area contributed by atoms with E-state index in [-0.39, 0.29) is 5.91 Å². The van der Waals surface area contributed by atoms with E-state index in [1.807, 2.05) is 16.7 Å². The number of hydrogen-bond acceptors (Lipinski definition) is 4. The molecular weight excluding hydrogens is 314 g/mol. The summed E-state index contributed by atoms with van der Waals surface area (Å²) >= 11 is 0. The fraction of sp³-hybridized carbons (Fsp3) is 0.650. The lowest BCUT2D eigenvalue weighted by molar-refractivity contribution is -0.134. The normalized spacial score (nSPS) is 16.5. The predicted octanol–water partition coefficient (Wildman–Crippen LogP) is 1.73. The van der Waals surface area contributed by atoms with Crippen LogP contribution in [0.4, 0.5) is 0 Å². The standard InChI is InChI=1S/C20H33N3O2/c1-5-21(16-20(3,4)25)15-19(24)23-11-9-22(10-12-23)14-18-8-6-7-17(2)13-18/h6-8,13,25H,5,9-12,14-16H2,1-4H3. The van der Waals surface area contributed by atoms with Crippen molar-refractivity contribution in [3.63, 3.8) is 0 Å². The molecule has 1 N–H and O–H groups in total. The molecule has 0 aromatic heterocycles. The highest BCUT2D eigenvalue weighted by Crippen LogP contribution is 2.11. The van der Waals surface area contributed by atoms with Crippen LogP contribution in [0, 0.1) is 6.92 Å². The molecule has 1 aliphatic rings. The first-order chi connectivity index (χ1) is 11.8. The highest BCUT2D eigenvalue weighted by molar-refractivity contribution is 5.78. The molecule has 1 aliphatic heterocycles. The highest BCUT2D eigenvalue weighted by Gasteiger charge is 2.24. The Kier molecular flexibility index (Phi) is 6.99. The van der Waals surface area contributed by atoms with Crippen LogP contribution < -0.4 is 0 Å². The Morgan fingerprint density at radius 1 is 1.24 bits per heavy atom. The zero-order valence-electron chi connectivity index (χ0n) is 16.2. The largest absolute Gasteiger partial charge is 0.389 e. The minimum atomic E-state index is -0.775. The maximum absolute atomic E-state index is 12.5. The third-order valence-electron chi connectivity index (χ3n) is 4.63. The number of rotatable bonds is 7. The fourth-order valence-electron chi connectivity index (χ4n) is 3.34. The van der Waals surface area contributed by atoms with E-state index in [1.54, 1.807) is 13.8 Å². The Bertz CT molecular complexity index is 560. The molecule has 1 aromatic carbocycles. The molecule has 1 saturated heterocycles. The van der Waals surface area contributed by atoms with Crippen molar-refractivity contribution < 1.29 is 9.90 Å². The topological polar surface area (TPSA) is 47.0 Å². The molecule has 0 unspecified atom stereocenters. The van der Waals surface area contributed by atoms with Crippen LogP contribution in [0.5, 0.6) is 0 Å². The maximum Gasteiger partial charge on any atom is 0.236 e. The quantitative estimate of drug-likeness (QED) is 0.816. The molecule has 25 heavy (non-hydrogen) atoms. The lowest BCUT2D eigenvalue weighted by atomic mass is 10.1. The molecular formula is C20H33N3O2. The minimum Gasteiger partial charge on any atom is -0.389 e. The third kappa shape index (κ3) is 6.77. The molecule has 1 heterocycles. The fourth-order valence-corrected chi connectivity index (χ4v) is 3.34. The number of nitrogens with zero attached hydrogens (tertiary/aromatic N) is 3. The second kappa shape index (κ2) is 8.79. The summed E-state index contributed by atoms with van der Waals surface area (Å²) in [5.74, 6) is 0.168. The predicted molar refractivity (Wildman–Crippen MR) is 101 cm³/mol. The van der Waals surface area contributed by atoms with Crippen molar-refractivity contribution in [3.8, 4) is 0 Å². The van der Waals surface area contributed by atoms with Gasteiger partial charge in [0.05, 0.1) is 12.1 Å². The first-order valence-corrected chi connectivity index (χ1v) is 9.27. The monoisotopic (exact) mass is 347 g/mol. The van der Waals surface area contributed by atoms with Crippen molar-refractivity contribution in [1.29, 1.82) is 0 Å². The lowest BCUT2D eigenvalue weighted by Gasteiger charge is -2.36. The number of aliphatic hydroxyl groups is 1. The van der Waals surface area contributed by atoms with E-state index in [9.17, 15) is 9.90 Å². The summed E-state index contributed by atoms with van der Waals surface area (Å²) in [4.78, 5) is 18.9. The van der Waals surface area contributed by atoms with Gasteiger partial charge in [-0.15, -0.1) is 0 Å². The van der Waals surface area contributed by atoms with Gasteiger partial charge in [-0.05, 0) is 32.9 Å². The van der Waals surface area contributed by atoms with Gasteiger partial charge in [0.2, 0.25) is 5.91 Å². The van der Waals surface area contributed by atoms with E-state index in [0.717, 1.165) is 39.3 Å². The summed E-state index contributed by atoms with van der Waals surface area (Å²) in [5.41, 5.74) is 1.85. The molecule has 5 nitrogen and oxygen atoms in total. The highest BCUT2D eigenvalue weighted by atomic mass is 16.3. The maximum atomic E-state index is 12.5. The summed E-state index contributed by atoms with van der Waals surface area (Å²) in [5, 5.41) is 9.96. The van der Waals surface area contributed by atoms with E-state index in [0.29, 0.717) is 13.1 Å². The molecule has 0 spiro atoms. The number of aryl methyl sites for hydroxylation is 1. The summed E-state index contributed by atoms with van der Waals surface area (Å²) in [6, 6.07) is 8.62. The van der Waals surface area contributed by atoms with Gasteiger partial charge in [-0.25, -0.2) is 0 Å². The third-order valence-corrected chi connectivity index (χ3v) is 4.63. The van der Waals surface area contributed by atoms with Crippen molar-refractivity contribution in [2.45, 2.75) is 39.8 Å². The van der Waals surface area contributed by atoms with Gasteiger partial charge in [0.1, 0.15) is 0 Å². The lowest BCUT2D eigenvalue weighted by Crippen LogP contribution is -2.52. The molecule has 0 bridgehead atoms. The van der Waals surface area contributed by atoms with E-state index in [2.05, 4.69) is 36.1 Å². The zero-order valence-corrected chi connectivity index (χ0v) is 16.2. The first kappa shape index (κ1) is 19.9. The van der Waals surface area contributed by atoms with Crippen LogP contribution in [-0.4, -0.2) is 77.1 Å². The zero-order chi connectivity index (χ0) is 18.4. The van der Waals surface area contributed by atoms with Gasteiger partial charge < -0.3 is 10.0 Å². The number of carbonyl (C=O) groups is 1. The summed E-state index contributed by atoms with van der Waals surface area (Å²) in [7, 11) is 0. The smallest absolute Gasteiger partial charge is 0.236 e. The van der Waals surface area contributed by atoms with Gasteiger partial charge in [-0.2, -0.15) is 0 Å². The van der Waals surface area contributed by atoms with Gasteiger partial charge in [0.25, 0.3) is 0 Å². The summed E-state index contributed by atoms with van der Waals surface area (Å²) in [6.45, 7) is 13.7. The number of amides is 1. The Morgan fingerprint density at radius 3 is 2.48 bits per heavy atom. The van der Waals surface area contributed by atoms with Crippen molar-refractivity contribution >= 4 is 5.91 Å². The average Bonchev–Trinajstić information content (AvgIpc) is 2.53. The molecule has 0 saturated carbocycles. The van der Waals surface area contributed by atoms with Gasteiger partial charge in [-0.1, -0.05) is 36.8 Å². The van der Waals surface area contributed by atoms with E-state index < -0.39 is 5.60 Å². The Morgan fingerprint density at radius 2 is 1.92 bits per heavy atom. The Hall–Kier alpha value is -1.43. The number of hydrogen-bond donors (Lipinski definition) is 1. The molecule has 0 radical (unpaired) electrons. The molecule has 1 aromatic rings. The number of benzene rings is 1. The molecule has 5 heteroatoms. The number of piperazine rings is 1. The molecule has 2 rings (SSSR count). The average molecular weight is 348 g/mol. The Balaban J connectivity index is 1.79. The van der Waals surface area contributed by atoms with E-state index in [1.165, 1.54) is 11.1 Å². The molecule has 140 valence electrons. The van der Waals surface area contributed by atoms with Crippen molar-refractivity contribution in [2.75, 3.05) is 45.8 Å². The number of carbonyl (C=O) groups excluding carboxylic acids is 1. The number of likely N-dealkylation sites (N-methyl/N-ethyl adjacent to an activating group) is 1. The van der Waals surface area contributed by atoms with Gasteiger partial charge in [0, 0.05) is 39.3 Å². The first-order valence-electron chi connectivity index (χ1n) is 9.27.